The van der Waals surface area contributed by atoms with Gasteiger partial charge in [-0.05, 0) is 42.3 Å². The molecule has 134 valence electrons. The van der Waals surface area contributed by atoms with E-state index in [1.165, 1.54) is 0 Å². The van der Waals surface area contributed by atoms with Crippen LogP contribution in [0.25, 0.3) is 11.4 Å². The number of benzene rings is 2. The molecule has 27 heavy (non-hydrogen) atoms. The number of hydrogen-bond acceptors (Lipinski definition) is 5. The van der Waals surface area contributed by atoms with Crippen molar-refractivity contribution in [2.45, 2.75) is 19.4 Å². The highest BCUT2D eigenvalue weighted by Crippen LogP contribution is 2.18. The largest absolute Gasteiger partial charge is 0.423 e. The van der Waals surface area contributed by atoms with Gasteiger partial charge in [-0.15, -0.1) is 6.42 Å². The molecule has 0 spiro atoms. The van der Waals surface area contributed by atoms with Gasteiger partial charge in [0, 0.05) is 24.4 Å². The molecular weight excluding hydrogens is 340 g/mol. The Morgan fingerprint density at radius 1 is 1.11 bits per heavy atom. The minimum absolute atomic E-state index is 0.354. The maximum atomic E-state index is 12.3. The van der Waals surface area contributed by atoms with Crippen LogP contribution in [0.1, 0.15) is 21.5 Å². The highest BCUT2D eigenvalue weighted by Gasteiger charge is 2.10. The molecule has 0 amide bonds. The maximum absolute atomic E-state index is 12.3. The number of hydrogen-bond donors (Lipinski definition) is 1. The van der Waals surface area contributed by atoms with Crippen molar-refractivity contribution < 1.29 is 14.6 Å². The zero-order valence-corrected chi connectivity index (χ0v) is 14.8. The third-order valence-electron chi connectivity index (χ3n) is 3.92. The van der Waals surface area contributed by atoms with Crippen molar-refractivity contribution >= 4 is 5.97 Å². The molecule has 1 heterocycles. The number of rotatable bonds is 5. The first kappa shape index (κ1) is 18.3. The lowest BCUT2D eigenvalue weighted by atomic mass is 10.1. The number of carbonyl (C=O) groups is 1. The number of esters is 1. The van der Waals surface area contributed by atoms with Crippen molar-refractivity contribution in [2.75, 3.05) is 0 Å². The first-order valence-corrected chi connectivity index (χ1v) is 8.39. The molecule has 0 bridgehead atoms. The highest BCUT2D eigenvalue weighted by molar-refractivity contribution is 5.91. The molecule has 0 radical (unpaired) electrons. The van der Waals surface area contributed by atoms with Gasteiger partial charge in [0.05, 0.1) is 5.56 Å². The summed E-state index contributed by atoms with van der Waals surface area (Å²) in [5, 5.41) is 9.46. The Morgan fingerprint density at radius 3 is 2.33 bits per heavy atom. The molecule has 5 nitrogen and oxygen atoms in total. The number of ether oxygens (including phenoxy) is 1. The maximum Gasteiger partial charge on any atom is 0.343 e. The zero-order valence-electron chi connectivity index (χ0n) is 14.8. The van der Waals surface area contributed by atoms with E-state index in [2.05, 4.69) is 15.9 Å². The summed E-state index contributed by atoms with van der Waals surface area (Å²) in [6, 6.07) is 13.8. The molecule has 1 atom stereocenters. The van der Waals surface area contributed by atoms with E-state index < -0.39 is 12.1 Å². The third kappa shape index (κ3) is 4.78. The molecule has 0 aliphatic heterocycles. The van der Waals surface area contributed by atoms with E-state index in [0.717, 1.165) is 16.7 Å². The van der Waals surface area contributed by atoms with Gasteiger partial charge < -0.3 is 9.84 Å². The molecule has 1 unspecified atom stereocenters. The fraction of sp³-hybridized carbons (Fsp3) is 0.136. The highest BCUT2D eigenvalue weighted by atomic mass is 16.5. The van der Waals surface area contributed by atoms with E-state index in [1.54, 1.807) is 60.9 Å². The van der Waals surface area contributed by atoms with Crippen LogP contribution in [0.5, 0.6) is 5.75 Å². The molecule has 5 heteroatoms. The van der Waals surface area contributed by atoms with Crippen molar-refractivity contribution in [1.82, 2.24) is 9.97 Å². The number of terminal acetylenes is 1. The Morgan fingerprint density at radius 2 is 1.74 bits per heavy atom. The van der Waals surface area contributed by atoms with Gasteiger partial charge in [-0.1, -0.05) is 30.2 Å². The standard InChI is InChI=1S/C22H18N2O3/c1-3-19(25)12-16-4-10-20(11-5-16)27-22(26)18-8-6-17(7-9-18)21-23-13-15(2)14-24-21/h1,4-11,13-14,19,25H,12H2,2H3. The smallest absolute Gasteiger partial charge is 0.343 e. The lowest BCUT2D eigenvalue weighted by Crippen LogP contribution is -2.09. The minimum atomic E-state index is -0.825. The average Bonchev–Trinajstić information content (AvgIpc) is 2.70. The summed E-state index contributed by atoms with van der Waals surface area (Å²) in [5.74, 6) is 2.83. The second kappa shape index (κ2) is 8.26. The van der Waals surface area contributed by atoms with E-state index in [4.69, 9.17) is 11.2 Å². The Bertz CT molecular complexity index is 956. The van der Waals surface area contributed by atoms with Crippen LogP contribution >= 0.6 is 0 Å². The van der Waals surface area contributed by atoms with E-state index in [1.807, 2.05) is 6.92 Å². The van der Waals surface area contributed by atoms with Crippen molar-refractivity contribution in [3.8, 4) is 29.5 Å². The minimum Gasteiger partial charge on any atom is -0.423 e. The number of nitrogens with zero attached hydrogens (tertiary/aromatic N) is 2. The lowest BCUT2D eigenvalue weighted by molar-refractivity contribution is 0.0734. The number of aliphatic hydroxyl groups is 1. The van der Waals surface area contributed by atoms with E-state index in [-0.39, 0.29) is 0 Å². The van der Waals surface area contributed by atoms with Crippen molar-refractivity contribution in [3.63, 3.8) is 0 Å². The molecule has 0 aliphatic rings. The molecule has 3 aromatic rings. The summed E-state index contributed by atoms with van der Waals surface area (Å²) in [7, 11) is 0. The second-order valence-electron chi connectivity index (χ2n) is 6.08. The molecule has 0 saturated heterocycles. The van der Waals surface area contributed by atoms with Gasteiger partial charge in [-0.25, -0.2) is 14.8 Å². The topological polar surface area (TPSA) is 72.3 Å². The van der Waals surface area contributed by atoms with Crippen molar-refractivity contribution in [3.05, 3.63) is 77.6 Å². The van der Waals surface area contributed by atoms with Gasteiger partial charge in [0.2, 0.25) is 0 Å². The summed E-state index contributed by atoms with van der Waals surface area (Å²) >= 11 is 0. The lowest BCUT2D eigenvalue weighted by Gasteiger charge is -2.07. The van der Waals surface area contributed by atoms with Crippen LogP contribution in [0.3, 0.4) is 0 Å². The normalized spacial score (nSPS) is 11.4. The van der Waals surface area contributed by atoms with Crippen molar-refractivity contribution in [1.29, 1.82) is 0 Å². The summed E-state index contributed by atoms with van der Waals surface area (Å²) in [5.41, 5.74) is 3.10. The van der Waals surface area contributed by atoms with Gasteiger partial charge in [0.25, 0.3) is 0 Å². The van der Waals surface area contributed by atoms with Gasteiger partial charge in [-0.3, -0.25) is 0 Å². The second-order valence-corrected chi connectivity index (χ2v) is 6.08. The van der Waals surface area contributed by atoms with E-state index in [9.17, 15) is 9.90 Å². The Labute approximate surface area is 157 Å². The van der Waals surface area contributed by atoms with Crippen LogP contribution in [-0.4, -0.2) is 27.1 Å². The van der Waals surface area contributed by atoms with Crippen LogP contribution in [0, 0.1) is 19.3 Å². The average molecular weight is 358 g/mol. The summed E-state index contributed by atoms with van der Waals surface area (Å²) in [6.07, 6.45) is 8.18. The molecule has 3 rings (SSSR count). The predicted octanol–water partition coefficient (Wildman–Crippen LogP) is 3.21. The fourth-order valence-corrected chi connectivity index (χ4v) is 2.44. The monoisotopic (exact) mass is 358 g/mol. The Balaban J connectivity index is 1.66. The van der Waals surface area contributed by atoms with E-state index in [0.29, 0.717) is 23.6 Å². The van der Waals surface area contributed by atoms with Gasteiger partial charge >= 0.3 is 5.97 Å². The van der Waals surface area contributed by atoms with Crippen LogP contribution in [0.4, 0.5) is 0 Å². The first-order valence-electron chi connectivity index (χ1n) is 8.39. The number of aliphatic hydroxyl groups excluding tert-OH is 1. The molecule has 0 fully saturated rings. The van der Waals surface area contributed by atoms with Crippen molar-refractivity contribution in [2.24, 2.45) is 0 Å². The molecular formula is C22H18N2O3. The third-order valence-corrected chi connectivity index (χ3v) is 3.92. The Kier molecular flexibility index (Phi) is 5.60. The number of carbonyl (C=O) groups excluding carboxylic acids is 1. The first-order chi connectivity index (χ1) is 13.0. The Hall–Kier alpha value is -3.49. The van der Waals surface area contributed by atoms with Crippen LogP contribution in [0.2, 0.25) is 0 Å². The van der Waals surface area contributed by atoms with Gasteiger partial charge in [0.1, 0.15) is 11.9 Å². The summed E-state index contributed by atoms with van der Waals surface area (Å²) in [6.45, 7) is 1.92. The fourth-order valence-electron chi connectivity index (χ4n) is 2.44. The van der Waals surface area contributed by atoms with Gasteiger partial charge in [0.15, 0.2) is 5.82 Å². The molecule has 1 aromatic heterocycles. The molecule has 2 aromatic carbocycles. The molecule has 0 aliphatic carbocycles. The quantitative estimate of drug-likeness (QED) is 0.431. The van der Waals surface area contributed by atoms with Crippen LogP contribution in [0.15, 0.2) is 60.9 Å². The number of aryl methyl sites for hydroxylation is 1. The summed E-state index contributed by atoms with van der Waals surface area (Å²) in [4.78, 5) is 20.8. The number of aromatic nitrogens is 2. The zero-order chi connectivity index (χ0) is 19.2. The van der Waals surface area contributed by atoms with Crippen LogP contribution in [-0.2, 0) is 6.42 Å². The van der Waals surface area contributed by atoms with Gasteiger partial charge in [-0.2, -0.15) is 0 Å². The van der Waals surface area contributed by atoms with E-state index >= 15 is 0 Å². The SMILES string of the molecule is C#CC(O)Cc1ccc(OC(=O)c2ccc(-c3ncc(C)cn3)cc2)cc1. The predicted molar refractivity (Wildman–Crippen MR) is 102 cm³/mol. The molecule has 1 N–H and O–H groups in total. The van der Waals surface area contributed by atoms with Crippen LogP contribution < -0.4 is 4.74 Å². The molecule has 0 saturated carbocycles. The summed E-state index contributed by atoms with van der Waals surface area (Å²) < 4.78 is 5.38.